The zero-order chi connectivity index (χ0) is 24.1. The second kappa shape index (κ2) is 10.0. The Balaban J connectivity index is 2.51. The molecule has 0 radical (unpaired) electrons. The van der Waals surface area contributed by atoms with Crippen LogP contribution in [0.2, 0.25) is 5.02 Å². The van der Waals surface area contributed by atoms with Crippen LogP contribution in [0.4, 0.5) is 18.9 Å². The number of benzene rings is 2. The van der Waals surface area contributed by atoms with E-state index >= 15 is 0 Å². The molecule has 0 amide bonds. The van der Waals surface area contributed by atoms with E-state index in [0.717, 1.165) is 31.4 Å². The van der Waals surface area contributed by atoms with E-state index < -0.39 is 45.2 Å². The fraction of sp³-hybridized carbons (Fsp3) is 0.200. The van der Waals surface area contributed by atoms with Gasteiger partial charge in [0.15, 0.2) is 6.61 Å². The summed E-state index contributed by atoms with van der Waals surface area (Å²) in [4.78, 5) is 22.7. The van der Waals surface area contributed by atoms with Crippen LogP contribution in [0.15, 0.2) is 60.0 Å². The molecule has 2 aromatic carbocycles. The van der Waals surface area contributed by atoms with Crippen molar-refractivity contribution in [1.82, 2.24) is 0 Å². The van der Waals surface area contributed by atoms with Gasteiger partial charge in [-0.1, -0.05) is 23.7 Å². The molecule has 0 saturated carbocycles. The van der Waals surface area contributed by atoms with E-state index in [1.165, 1.54) is 18.2 Å². The molecule has 0 aliphatic carbocycles. The molecular weight excluding hydrogens is 475 g/mol. The number of esters is 2. The van der Waals surface area contributed by atoms with Crippen molar-refractivity contribution >= 4 is 39.3 Å². The van der Waals surface area contributed by atoms with Crippen molar-refractivity contribution in [2.24, 2.45) is 0 Å². The summed E-state index contributed by atoms with van der Waals surface area (Å²) in [7, 11) is -3.45. The molecule has 0 aliphatic heterocycles. The van der Waals surface area contributed by atoms with Gasteiger partial charge in [-0.2, -0.15) is 13.2 Å². The van der Waals surface area contributed by atoms with Crippen LogP contribution in [0.5, 0.6) is 0 Å². The number of rotatable bonds is 8. The predicted octanol–water partition coefficient (Wildman–Crippen LogP) is 4.07. The van der Waals surface area contributed by atoms with Gasteiger partial charge in [0.25, 0.3) is 10.0 Å². The molecule has 0 heterocycles. The maximum absolute atomic E-state index is 13.3. The summed E-state index contributed by atoms with van der Waals surface area (Å²) in [5.41, 5.74) is -1.58. The molecule has 0 N–H and O–H groups in total. The number of hydrogen-bond donors (Lipinski definition) is 0. The van der Waals surface area contributed by atoms with Crippen molar-refractivity contribution < 1.29 is 40.7 Å². The SMILES string of the molecule is C=CCN(c1cccc(C(F)(F)F)c1)S(=O)(=O)c1cc(C(=O)OCC(=O)OC)ccc1Cl. The molecule has 0 spiro atoms. The third kappa shape index (κ3) is 5.80. The van der Waals surface area contributed by atoms with Gasteiger partial charge in [-0.15, -0.1) is 6.58 Å². The predicted molar refractivity (Wildman–Crippen MR) is 110 cm³/mol. The van der Waals surface area contributed by atoms with Gasteiger partial charge >= 0.3 is 18.1 Å². The van der Waals surface area contributed by atoms with Crippen LogP contribution < -0.4 is 4.31 Å². The second-order valence-corrected chi connectivity index (χ2v) is 8.41. The Morgan fingerprint density at radius 3 is 2.47 bits per heavy atom. The van der Waals surface area contributed by atoms with Gasteiger partial charge in [-0.3, -0.25) is 4.31 Å². The van der Waals surface area contributed by atoms with Crippen LogP contribution in [0, 0.1) is 0 Å². The van der Waals surface area contributed by atoms with Crippen LogP contribution in [0.3, 0.4) is 0 Å². The maximum atomic E-state index is 13.3. The summed E-state index contributed by atoms with van der Waals surface area (Å²) in [6, 6.07) is 6.90. The van der Waals surface area contributed by atoms with Crippen molar-refractivity contribution in [1.29, 1.82) is 0 Å². The third-order valence-electron chi connectivity index (χ3n) is 4.04. The Morgan fingerprint density at radius 1 is 1.19 bits per heavy atom. The molecule has 0 unspecified atom stereocenters. The molecule has 0 bridgehead atoms. The molecule has 0 aromatic heterocycles. The average molecular weight is 492 g/mol. The molecule has 7 nitrogen and oxygen atoms in total. The highest BCUT2D eigenvalue weighted by Crippen LogP contribution is 2.34. The number of ether oxygens (including phenoxy) is 2. The van der Waals surface area contributed by atoms with E-state index in [1.54, 1.807) is 0 Å². The summed E-state index contributed by atoms with van der Waals surface area (Å²) in [5, 5.41) is -0.282. The molecule has 32 heavy (non-hydrogen) atoms. The lowest BCUT2D eigenvalue weighted by molar-refractivity contribution is -0.144. The van der Waals surface area contributed by atoms with Crippen molar-refractivity contribution in [3.63, 3.8) is 0 Å². The van der Waals surface area contributed by atoms with E-state index in [9.17, 15) is 31.2 Å². The Morgan fingerprint density at radius 2 is 1.88 bits per heavy atom. The van der Waals surface area contributed by atoms with Gasteiger partial charge in [0.1, 0.15) is 4.90 Å². The van der Waals surface area contributed by atoms with Crippen molar-refractivity contribution in [2.75, 3.05) is 24.6 Å². The Hall–Kier alpha value is -3.05. The third-order valence-corrected chi connectivity index (χ3v) is 6.32. The molecule has 0 fully saturated rings. The van der Waals surface area contributed by atoms with Gasteiger partial charge in [0, 0.05) is 0 Å². The average Bonchev–Trinajstić information content (AvgIpc) is 2.75. The number of carbonyl (C=O) groups is 2. The largest absolute Gasteiger partial charge is 0.466 e. The number of anilines is 1. The van der Waals surface area contributed by atoms with Crippen LogP contribution in [0.1, 0.15) is 15.9 Å². The summed E-state index contributed by atoms with van der Waals surface area (Å²) >= 11 is 6.03. The van der Waals surface area contributed by atoms with E-state index in [4.69, 9.17) is 16.3 Å². The van der Waals surface area contributed by atoms with Gasteiger partial charge in [0.05, 0.1) is 35.5 Å². The lowest BCUT2D eigenvalue weighted by Gasteiger charge is -2.24. The van der Waals surface area contributed by atoms with Gasteiger partial charge in [-0.25, -0.2) is 18.0 Å². The minimum atomic E-state index is -4.69. The fourth-order valence-electron chi connectivity index (χ4n) is 2.51. The van der Waals surface area contributed by atoms with Gasteiger partial charge in [0.2, 0.25) is 0 Å². The van der Waals surface area contributed by atoms with Crippen molar-refractivity contribution in [3.05, 3.63) is 71.3 Å². The zero-order valence-corrected chi connectivity index (χ0v) is 18.1. The summed E-state index contributed by atoms with van der Waals surface area (Å²) in [6.45, 7) is 2.36. The molecular formula is C20H17ClF3NO6S. The van der Waals surface area contributed by atoms with Gasteiger partial charge < -0.3 is 9.47 Å². The normalized spacial score (nSPS) is 11.5. The molecule has 0 saturated heterocycles. The van der Waals surface area contributed by atoms with Crippen LogP contribution in [-0.2, 0) is 30.5 Å². The molecule has 2 rings (SSSR count). The summed E-state index contributed by atoms with van der Waals surface area (Å²) in [5.74, 6) is -1.86. The monoisotopic (exact) mass is 491 g/mol. The number of halogens is 4. The minimum Gasteiger partial charge on any atom is -0.466 e. The summed E-state index contributed by atoms with van der Waals surface area (Å²) < 4.78 is 75.6. The first-order valence-electron chi connectivity index (χ1n) is 8.76. The first-order chi connectivity index (χ1) is 14.9. The molecule has 0 aliphatic rings. The van der Waals surface area contributed by atoms with Crippen LogP contribution >= 0.6 is 11.6 Å². The van der Waals surface area contributed by atoms with E-state index in [0.29, 0.717) is 10.4 Å². The lowest BCUT2D eigenvalue weighted by atomic mass is 10.2. The number of alkyl halides is 3. The Labute approximate surface area is 187 Å². The van der Waals surface area contributed by atoms with E-state index in [2.05, 4.69) is 11.3 Å². The van der Waals surface area contributed by atoms with Crippen LogP contribution in [0.25, 0.3) is 0 Å². The number of sulfonamides is 1. The molecule has 0 atom stereocenters. The quantitative estimate of drug-likeness (QED) is 0.408. The Bertz CT molecular complexity index is 1130. The first-order valence-corrected chi connectivity index (χ1v) is 10.6. The topological polar surface area (TPSA) is 90.0 Å². The van der Waals surface area contributed by atoms with E-state index in [1.807, 2.05) is 0 Å². The lowest BCUT2D eigenvalue weighted by Crippen LogP contribution is -2.32. The fourth-order valence-corrected chi connectivity index (χ4v) is 4.44. The number of hydrogen-bond acceptors (Lipinski definition) is 6. The minimum absolute atomic E-state index is 0.250. The maximum Gasteiger partial charge on any atom is 0.416 e. The number of methoxy groups -OCH3 is 1. The highest BCUT2D eigenvalue weighted by Gasteiger charge is 2.33. The van der Waals surface area contributed by atoms with Gasteiger partial charge in [-0.05, 0) is 36.4 Å². The smallest absolute Gasteiger partial charge is 0.416 e. The van der Waals surface area contributed by atoms with E-state index in [-0.39, 0.29) is 22.8 Å². The molecule has 172 valence electrons. The standard InChI is InChI=1S/C20H17ClF3NO6S/c1-3-9-25(15-6-4-5-14(11-15)20(22,23)24)32(28,29)17-10-13(7-8-16(17)21)19(27)31-12-18(26)30-2/h3-8,10-11H,1,9,12H2,2H3. The second-order valence-electron chi connectivity index (χ2n) is 6.17. The first kappa shape index (κ1) is 25.2. The Kier molecular flexibility index (Phi) is 7.92. The highest BCUT2D eigenvalue weighted by molar-refractivity contribution is 7.93. The highest BCUT2D eigenvalue weighted by atomic mass is 35.5. The van der Waals surface area contributed by atoms with Crippen LogP contribution in [-0.4, -0.2) is 40.6 Å². The molecule has 2 aromatic rings. The number of nitrogens with zero attached hydrogens (tertiary/aromatic N) is 1. The molecule has 12 heteroatoms. The van der Waals surface area contributed by atoms with Crippen molar-refractivity contribution in [2.45, 2.75) is 11.1 Å². The van der Waals surface area contributed by atoms with Crippen molar-refractivity contribution in [3.8, 4) is 0 Å². The summed E-state index contributed by atoms with van der Waals surface area (Å²) in [6.07, 6.45) is -3.51. The zero-order valence-electron chi connectivity index (χ0n) is 16.6. The number of carbonyl (C=O) groups excluding carboxylic acids is 2.